The molecule has 0 saturated carbocycles. The maximum atomic E-state index is 9.18. The highest BCUT2D eigenvalue weighted by molar-refractivity contribution is 5.36. The van der Waals surface area contributed by atoms with Crippen LogP contribution in [-0.4, -0.2) is 13.1 Å². The van der Waals surface area contributed by atoms with Crippen LogP contribution in [0.25, 0.3) is 0 Å². The largest absolute Gasteiger partial charge is 0.468 e. The molecule has 0 N–H and O–H groups in total. The number of carbonyl (C=O) groups excluding carboxylic acids is 1. The molecular formula is C13H20O2. The molecule has 1 rings (SSSR count). The molecule has 2 heteroatoms. The lowest BCUT2D eigenvalue weighted by Crippen LogP contribution is -1.81. The number of unbranched alkanes of at least 4 members (excludes halogenated alkanes) is 1. The second-order valence-corrected chi connectivity index (χ2v) is 3.14. The highest BCUT2D eigenvalue weighted by Crippen LogP contribution is 2.03. The van der Waals surface area contributed by atoms with Crippen molar-refractivity contribution in [2.45, 2.75) is 33.1 Å². The van der Waals surface area contributed by atoms with Crippen LogP contribution in [-0.2, 0) is 16.0 Å². The lowest BCUT2D eigenvalue weighted by Gasteiger charge is -1.96. The number of aryl methyl sites for hydroxylation is 1. The smallest absolute Gasteiger partial charge is 0.293 e. The van der Waals surface area contributed by atoms with Gasteiger partial charge < -0.3 is 4.74 Å². The first-order valence-corrected chi connectivity index (χ1v) is 5.44. The second kappa shape index (κ2) is 10.8. The number of ether oxygens (including phenoxy) is 1. The summed E-state index contributed by atoms with van der Waals surface area (Å²) in [6, 6.07) is 10.6. The van der Waals surface area contributed by atoms with E-state index in [9.17, 15) is 4.79 Å². The topological polar surface area (TPSA) is 26.3 Å². The normalized spacial score (nSPS) is 8.67. The number of carbonyl (C=O) groups is 1. The summed E-state index contributed by atoms with van der Waals surface area (Å²) in [5, 5.41) is 0. The summed E-state index contributed by atoms with van der Waals surface area (Å²) in [4.78, 5) is 9.18. The number of hydrogen-bond acceptors (Lipinski definition) is 2. The van der Waals surface area contributed by atoms with Crippen molar-refractivity contribution in [3.05, 3.63) is 35.9 Å². The molecule has 0 aliphatic rings. The summed E-state index contributed by atoms with van der Waals surface area (Å²) in [5.41, 5.74) is 1.46. The fourth-order valence-electron chi connectivity index (χ4n) is 1.09. The van der Waals surface area contributed by atoms with E-state index in [0.717, 1.165) is 0 Å². The molecular weight excluding hydrogens is 188 g/mol. The molecule has 0 atom stereocenters. The van der Waals surface area contributed by atoms with E-state index in [2.05, 4.69) is 42.0 Å². The van der Waals surface area contributed by atoms with E-state index >= 15 is 0 Å². The maximum absolute atomic E-state index is 9.18. The van der Waals surface area contributed by atoms with Gasteiger partial charge in [0.2, 0.25) is 0 Å². The van der Waals surface area contributed by atoms with E-state index in [1.54, 1.807) is 6.92 Å². The molecule has 84 valence electrons. The highest BCUT2D eigenvalue weighted by atomic mass is 16.5. The predicted molar refractivity (Wildman–Crippen MR) is 62.7 cm³/mol. The van der Waals surface area contributed by atoms with E-state index in [1.165, 1.54) is 24.8 Å². The minimum Gasteiger partial charge on any atom is -0.468 e. The van der Waals surface area contributed by atoms with Crippen molar-refractivity contribution in [3.8, 4) is 0 Å². The van der Waals surface area contributed by atoms with Crippen LogP contribution in [0.1, 0.15) is 32.3 Å². The Labute approximate surface area is 92.3 Å². The highest BCUT2D eigenvalue weighted by Gasteiger charge is 1.87. The van der Waals surface area contributed by atoms with Gasteiger partial charge in [-0.05, 0) is 25.3 Å². The summed E-state index contributed by atoms with van der Waals surface area (Å²) in [5.74, 6) is 0. The maximum Gasteiger partial charge on any atom is 0.293 e. The molecule has 0 amide bonds. The zero-order valence-electron chi connectivity index (χ0n) is 9.61. The van der Waals surface area contributed by atoms with E-state index in [0.29, 0.717) is 13.1 Å². The van der Waals surface area contributed by atoms with Crippen LogP contribution in [0.15, 0.2) is 30.3 Å². The van der Waals surface area contributed by atoms with Crippen LogP contribution >= 0.6 is 0 Å². The molecule has 0 fully saturated rings. The number of hydrogen-bond donors (Lipinski definition) is 0. The molecule has 0 spiro atoms. The summed E-state index contributed by atoms with van der Waals surface area (Å²) >= 11 is 0. The van der Waals surface area contributed by atoms with Gasteiger partial charge in [-0.1, -0.05) is 43.7 Å². The van der Waals surface area contributed by atoms with E-state index in [-0.39, 0.29) is 0 Å². The Balaban J connectivity index is 0.000000336. The van der Waals surface area contributed by atoms with Gasteiger partial charge in [0.05, 0.1) is 6.61 Å². The third-order valence-electron chi connectivity index (χ3n) is 1.90. The van der Waals surface area contributed by atoms with Gasteiger partial charge in [-0.25, -0.2) is 0 Å². The first-order chi connectivity index (χ1) is 7.35. The Hall–Kier alpha value is -1.31. The molecule has 15 heavy (non-hydrogen) atoms. The molecule has 2 nitrogen and oxygen atoms in total. The van der Waals surface area contributed by atoms with Crippen LogP contribution in [0.5, 0.6) is 0 Å². The zero-order valence-corrected chi connectivity index (χ0v) is 9.61. The standard InChI is InChI=1S/C10H14.C3H6O2/c1-2-3-7-10-8-5-4-6-9-10;1-2-5-3-4/h4-6,8-9H,2-3,7H2,1H3;3H,2H2,1H3. The quantitative estimate of drug-likeness (QED) is 0.694. The van der Waals surface area contributed by atoms with Gasteiger partial charge in [-0.2, -0.15) is 0 Å². The van der Waals surface area contributed by atoms with Gasteiger partial charge >= 0.3 is 0 Å². The molecule has 0 aliphatic heterocycles. The van der Waals surface area contributed by atoms with Crippen molar-refractivity contribution in [1.82, 2.24) is 0 Å². The number of benzene rings is 1. The average molecular weight is 208 g/mol. The van der Waals surface area contributed by atoms with Crippen LogP contribution in [0.4, 0.5) is 0 Å². The van der Waals surface area contributed by atoms with E-state index in [4.69, 9.17) is 0 Å². The van der Waals surface area contributed by atoms with Crippen LogP contribution in [0.3, 0.4) is 0 Å². The van der Waals surface area contributed by atoms with Gasteiger partial charge in [0, 0.05) is 0 Å². The minimum atomic E-state index is 0.431. The molecule has 0 aromatic heterocycles. The Morgan fingerprint density at radius 2 is 1.87 bits per heavy atom. The summed E-state index contributed by atoms with van der Waals surface area (Å²) < 4.78 is 4.15. The summed E-state index contributed by atoms with van der Waals surface area (Å²) in [7, 11) is 0. The van der Waals surface area contributed by atoms with Gasteiger partial charge in [-0.15, -0.1) is 0 Å². The van der Waals surface area contributed by atoms with Crippen molar-refractivity contribution in [1.29, 1.82) is 0 Å². The summed E-state index contributed by atoms with van der Waals surface area (Å²) in [6.45, 7) is 4.89. The van der Waals surface area contributed by atoms with Gasteiger partial charge in [0.25, 0.3) is 6.47 Å². The Bertz CT molecular complexity index is 232. The number of rotatable bonds is 5. The molecule has 1 aromatic carbocycles. The SMILES string of the molecule is CCCCc1ccccc1.CCOC=O. The van der Waals surface area contributed by atoms with E-state index < -0.39 is 0 Å². The minimum absolute atomic E-state index is 0.431. The average Bonchev–Trinajstić information content (AvgIpc) is 2.30. The molecule has 0 saturated heterocycles. The molecule has 0 bridgehead atoms. The van der Waals surface area contributed by atoms with Gasteiger partial charge in [-0.3, -0.25) is 4.79 Å². The van der Waals surface area contributed by atoms with Crippen molar-refractivity contribution >= 4 is 6.47 Å². The Morgan fingerprint density at radius 1 is 1.20 bits per heavy atom. The van der Waals surface area contributed by atoms with Crippen molar-refractivity contribution in [3.63, 3.8) is 0 Å². The predicted octanol–water partition coefficient (Wildman–Crippen LogP) is 3.21. The van der Waals surface area contributed by atoms with Crippen LogP contribution in [0.2, 0.25) is 0 Å². The Kier molecular flexibility index (Phi) is 9.83. The lowest BCUT2D eigenvalue weighted by molar-refractivity contribution is -0.128. The van der Waals surface area contributed by atoms with E-state index in [1.807, 2.05) is 0 Å². The zero-order chi connectivity index (χ0) is 11.4. The summed E-state index contributed by atoms with van der Waals surface area (Å²) in [6.07, 6.45) is 3.83. The molecule has 0 radical (unpaired) electrons. The molecule has 0 heterocycles. The van der Waals surface area contributed by atoms with Crippen LogP contribution in [0, 0.1) is 0 Å². The fourth-order valence-corrected chi connectivity index (χ4v) is 1.09. The molecule has 1 aromatic rings. The van der Waals surface area contributed by atoms with Gasteiger partial charge in [0.15, 0.2) is 0 Å². The third-order valence-corrected chi connectivity index (χ3v) is 1.90. The fraction of sp³-hybridized carbons (Fsp3) is 0.462. The monoisotopic (exact) mass is 208 g/mol. The molecule has 0 aliphatic carbocycles. The first kappa shape index (κ1) is 13.7. The lowest BCUT2D eigenvalue weighted by atomic mass is 10.1. The first-order valence-electron chi connectivity index (χ1n) is 5.44. The van der Waals surface area contributed by atoms with Crippen molar-refractivity contribution in [2.24, 2.45) is 0 Å². The Morgan fingerprint density at radius 3 is 2.27 bits per heavy atom. The molecule has 0 unspecified atom stereocenters. The van der Waals surface area contributed by atoms with Crippen molar-refractivity contribution < 1.29 is 9.53 Å². The van der Waals surface area contributed by atoms with Crippen molar-refractivity contribution in [2.75, 3.05) is 6.61 Å². The van der Waals surface area contributed by atoms with Gasteiger partial charge in [0.1, 0.15) is 0 Å². The third kappa shape index (κ3) is 9.01. The second-order valence-electron chi connectivity index (χ2n) is 3.14. The van der Waals surface area contributed by atoms with Crippen LogP contribution < -0.4 is 0 Å².